The molecule has 2 aromatic heterocycles. The summed E-state index contributed by atoms with van der Waals surface area (Å²) in [5, 5.41) is 13.5. The van der Waals surface area contributed by atoms with Crippen molar-refractivity contribution in [3.63, 3.8) is 0 Å². The van der Waals surface area contributed by atoms with Crippen LogP contribution in [0, 0.1) is 23.6 Å². The maximum atomic E-state index is 14.1. The van der Waals surface area contributed by atoms with Gasteiger partial charge in [0.25, 0.3) is 0 Å². The standard InChI is InChI=1S/C26H30ClFN6O/c1-35-25-11-21(13-29-31-25)33-14-16-5-6-17(15-33)23(16)12-24-30-26-22(4-2-3-7-34(26)32-24)18-8-19(27)10-20(28)9-18/h8-11,13,16-17,22-23H,2-7,12,14-15H2,1H3/t16-,17+,22-,23?/m0/s1. The number of nitrogens with zero attached hydrogens (tertiary/aromatic N) is 6. The molecule has 1 aliphatic carbocycles. The third-order valence-electron chi connectivity index (χ3n) is 8.10. The number of benzene rings is 1. The molecule has 1 saturated carbocycles. The van der Waals surface area contributed by atoms with Crippen molar-refractivity contribution in [3.05, 3.63) is 58.5 Å². The molecule has 9 heteroatoms. The molecule has 1 saturated heterocycles. The molecular formula is C26H30ClFN6O. The zero-order valence-corrected chi connectivity index (χ0v) is 20.7. The number of fused-ring (bicyclic) bond motifs is 3. The fourth-order valence-corrected chi connectivity index (χ4v) is 6.67. The van der Waals surface area contributed by atoms with E-state index in [2.05, 4.69) is 19.8 Å². The number of ether oxygens (including phenoxy) is 1. The topological polar surface area (TPSA) is 69.0 Å². The fourth-order valence-electron chi connectivity index (χ4n) is 6.44. The molecule has 184 valence electrons. The molecule has 2 fully saturated rings. The molecule has 7 nitrogen and oxygen atoms in total. The van der Waals surface area contributed by atoms with Gasteiger partial charge in [0, 0.05) is 43.1 Å². The lowest BCUT2D eigenvalue weighted by Crippen LogP contribution is -2.42. The van der Waals surface area contributed by atoms with Gasteiger partial charge in [-0.15, -0.1) is 5.10 Å². The average molecular weight is 497 g/mol. The van der Waals surface area contributed by atoms with Crippen LogP contribution in [-0.2, 0) is 13.0 Å². The van der Waals surface area contributed by atoms with E-state index < -0.39 is 0 Å². The van der Waals surface area contributed by atoms with Crippen molar-refractivity contribution in [2.45, 2.75) is 51.0 Å². The van der Waals surface area contributed by atoms with Crippen LogP contribution >= 0.6 is 11.6 Å². The van der Waals surface area contributed by atoms with Crippen molar-refractivity contribution >= 4 is 17.3 Å². The highest BCUT2D eigenvalue weighted by Gasteiger charge is 2.43. The molecule has 1 unspecified atom stereocenters. The molecule has 0 spiro atoms. The van der Waals surface area contributed by atoms with Crippen LogP contribution < -0.4 is 9.64 Å². The van der Waals surface area contributed by atoms with E-state index in [9.17, 15) is 4.39 Å². The lowest BCUT2D eigenvalue weighted by atomic mass is 9.82. The molecule has 4 heterocycles. The molecule has 2 bridgehead atoms. The first-order valence-electron chi connectivity index (χ1n) is 12.6. The highest BCUT2D eigenvalue weighted by molar-refractivity contribution is 6.30. The van der Waals surface area contributed by atoms with E-state index in [1.165, 1.54) is 18.9 Å². The Balaban J connectivity index is 1.21. The number of aromatic nitrogens is 5. The Morgan fingerprint density at radius 3 is 2.69 bits per heavy atom. The number of rotatable bonds is 5. The summed E-state index contributed by atoms with van der Waals surface area (Å²) in [6.07, 6.45) is 8.26. The van der Waals surface area contributed by atoms with Crippen molar-refractivity contribution < 1.29 is 9.13 Å². The molecular weight excluding hydrogens is 467 g/mol. The minimum absolute atomic E-state index is 0.0275. The summed E-state index contributed by atoms with van der Waals surface area (Å²) in [5.41, 5.74) is 1.97. The third kappa shape index (κ3) is 4.48. The van der Waals surface area contributed by atoms with Gasteiger partial charge >= 0.3 is 0 Å². The average Bonchev–Trinajstić information content (AvgIpc) is 3.25. The summed E-state index contributed by atoms with van der Waals surface area (Å²) in [7, 11) is 1.62. The minimum Gasteiger partial charge on any atom is -0.480 e. The van der Waals surface area contributed by atoms with Crippen LogP contribution in [0.4, 0.5) is 10.1 Å². The Morgan fingerprint density at radius 2 is 1.91 bits per heavy atom. The zero-order valence-electron chi connectivity index (χ0n) is 19.9. The molecule has 1 aromatic carbocycles. The minimum atomic E-state index is -0.298. The van der Waals surface area contributed by atoms with Gasteiger partial charge in [-0.3, -0.25) is 0 Å². The van der Waals surface area contributed by atoms with Gasteiger partial charge in [0.15, 0.2) is 5.82 Å². The quantitative estimate of drug-likeness (QED) is 0.501. The van der Waals surface area contributed by atoms with Crippen LogP contribution in [0.15, 0.2) is 30.5 Å². The largest absolute Gasteiger partial charge is 0.480 e. The van der Waals surface area contributed by atoms with Gasteiger partial charge in [0.05, 0.1) is 19.0 Å². The SMILES string of the molecule is COc1cc(N2C[C@H]3CC[C@@H](C2)C3Cc2nc3n(n2)CCCC[C@H]3c2cc(F)cc(Cl)c2)cnn1. The van der Waals surface area contributed by atoms with E-state index in [1.807, 2.05) is 18.3 Å². The first-order chi connectivity index (χ1) is 17.1. The van der Waals surface area contributed by atoms with Crippen molar-refractivity contribution in [2.24, 2.45) is 17.8 Å². The summed E-state index contributed by atoms with van der Waals surface area (Å²) in [6, 6.07) is 6.80. The molecule has 3 aliphatic rings. The van der Waals surface area contributed by atoms with Crippen LogP contribution in [0.1, 0.15) is 55.2 Å². The van der Waals surface area contributed by atoms with Gasteiger partial charge in [-0.05, 0) is 67.2 Å². The third-order valence-corrected chi connectivity index (χ3v) is 8.31. The van der Waals surface area contributed by atoms with Crippen molar-refractivity contribution in [1.29, 1.82) is 0 Å². The van der Waals surface area contributed by atoms with Gasteiger partial charge in [-0.1, -0.05) is 18.0 Å². The molecule has 0 radical (unpaired) electrons. The predicted molar refractivity (Wildman–Crippen MR) is 131 cm³/mol. The van der Waals surface area contributed by atoms with E-state index in [0.29, 0.717) is 28.7 Å². The second-order valence-corrected chi connectivity index (χ2v) is 10.6. The highest BCUT2D eigenvalue weighted by atomic mass is 35.5. The van der Waals surface area contributed by atoms with E-state index in [4.69, 9.17) is 26.4 Å². The van der Waals surface area contributed by atoms with E-state index >= 15 is 0 Å². The zero-order chi connectivity index (χ0) is 23.9. The fraction of sp³-hybridized carbons (Fsp3) is 0.538. The maximum Gasteiger partial charge on any atom is 0.235 e. The molecule has 3 aromatic rings. The summed E-state index contributed by atoms with van der Waals surface area (Å²) in [6.45, 7) is 2.88. The Bertz CT molecular complexity index is 1180. The molecule has 4 atom stereocenters. The Labute approximate surface area is 209 Å². The number of piperidine rings is 1. The maximum absolute atomic E-state index is 14.1. The lowest BCUT2D eigenvalue weighted by molar-refractivity contribution is 0.265. The summed E-state index contributed by atoms with van der Waals surface area (Å²) in [4.78, 5) is 7.48. The number of hydrogen-bond donors (Lipinski definition) is 0. The first-order valence-corrected chi connectivity index (χ1v) is 13.0. The number of anilines is 1. The number of aryl methyl sites for hydroxylation is 1. The Morgan fingerprint density at radius 1 is 1.09 bits per heavy atom. The van der Waals surface area contributed by atoms with E-state index in [1.54, 1.807) is 13.2 Å². The summed E-state index contributed by atoms with van der Waals surface area (Å²) < 4.78 is 21.5. The van der Waals surface area contributed by atoms with E-state index in [-0.39, 0.29) is 11.7 Å². The van der Waals surface area contributed by atoms with Crippen molar-refractivity contribution in [3.8, 4) is 5.88 Å². The highest BCUT2D eigenvalue weighted by Crippen LogP contribution is 2.45. The second kappa shape index (κ2) is 9.37. The smallest absolute Gasteiger partial charge is 0.235 e. The summed E-state index contributed by atoms with van der Waals surface area (Å²) >= 11 is 6.18. The van der Waals surface area contributed by atoms with Crippen LogP contribution in [0.2, 0.25) is 5.02 Å². The lowest BCUT2D eigenvalue weighted by Gasteiger charge is -2.38. The normalized spacial score (nSPS) is 25.9. The predicted octanol–water partition coefficient (Wildman–Crippen LogP) is 4.89. The molecule has 6 rings (SSSR count). The molecule has 0 N–H and O–H groups in total. The van der Waals surface area contributed by atoms with Crippen molar-refractivity contribution in [1.82, 2.24) is 25.0 Å². The summed E-state index contributed by atoms with van der Waals surface area (Å²) in [5.74, 6) is 3.96. The molecule has 2 aliphatic heterocycles. The van der Waals surface area contributed by atoms with Crippen LogP contribution in [-0.4, -0.2) is 45.2 Å². The number of hydrogen-bond acceptors (Lipinski definition) is 6. The molecule has 35 heavy (non-hydrogen) atoms. The van der Waals surface area contributed by atoms with Crippen LogP contribution in [0.3, 0.4) is 0 Å². The van der Waals surface area contributed by atoms with Gasteiger partial charge in [0.2, 0.25) is 5.88 Å². The second-order valence-electron chi connectivity index (χ2n) is 10.2. The Kier molecular flexibility index (Phi) is 6.08. The van der Waals surface area contributed by atoms with E-state index in [0.717, 1.165) is 68.2 Å². The van der Waals surface area contributed by atoms with Gasteiger partial charge in [-0.2, -0.15) is 10.2 Å². The van der Waals surface area contributed by atoms with Gasteiger partial charge < -0.3 is 9.64 Å². The number of halogens is 2. The monoisotopic (exact) mass is 496 g/mol. The van der Waals surface area contributed by atoms with Gasteiger partial charge in [-0.25, -0.2) is 14.1 Å². The number of methoxy groups -OCH3 is 1. The van der Waals surface area contributed by atoms with Crippen LogP contribution in [0.5, 0.6) is 5.88 Å². The molecule has 0 amide bonds. The van der Waals surface area contributed by atoms with Crippen LogP contribution in [0.25, 0.3) is 0 Å². The van der Waals surface area contributed by atoms with Crippen molar-refractivity contribution in [2.75, 3.05) is 25.1 Å². The Hall–Kier alpha value is -2.74. The van der Waals surface area contributed by atoms with Gasteiger partial charge in [0.1, 0.15) is 11.6 Å². The first kappa shape index (κ1) is 22.7.